The number of ketones is 1. The van der Waals surface area contributed by atoms with Crippen LogP contribution in [0.25, 0.3) is 0 Å². The molecule has 0 radical (unpaired) electrons. The van der Waals surface area contributed by atoms with Gasteiger partial charge in [0.2, 0.25) is 0 Å². The molecule has 0 spiro atoms. The van der Waals surface area contributed by atoms with Crippen molar-refractivity contribution < 1.29 is 14.9 Å². The number of carbonyl (C=O) groups excluding carboxylic acids is 1. The average molecular weight is 263 g/mol. The highest BCUT2D eigenvalue weighted by Gasteiger charge is 2.22. The van der Waals surface area contributed by atoms with Gasteiger partial charge in [-0.2, -0.15) is 0 Å². The summed E-state index contributed by atoms with van der Waals surface area (Å²) in [6, 6.07) is 15.2. The van der Waals surface area contributed by atoms with E-state index in [0.717, 1.165) is 0 Å². The third-order valence-corrected chi connectivity index (χ3v) is 2.83. The number of carbonyl (C=O) groups is 1. The van der Waals surface area contributed by atoms with E-state index in [2.05, 4.69) is 4.89 Å². The average Bonchev–Trinajstić information content (AvgIpc) is 2.41. The molecule has 2 aromatic rings. The smallest absolute Gasteiger partial charge is 0.199 e. The molecule has 0 saturated heterocycles. The van der Waals surface area contributed by atoms with E-state index in [-0.39, 0.29) is 5.78 Å². The van der Waals surface area contributed by atoms with Crippen LogP contribution in [0.2, 0.25) is 5.02 Å². The quantitative estimate of drug-likeness (QED) is 0.518. The van der Waals surface area contributed by atoms with Crippen LogP contribution in [0.15, 0.2) is 54.6 Å². The minimum Gasteiger partial charge on any atom is -0.291 e. The van der Waals surface area contributed by atoms with E-state index in [1.165, 1.54) is 0 Å². The molecule has 0 aromatic heterocycles. The Labute approximate surface area is 110 Å². The summed E-state index contributed by atoms with van der Waals surface area (Å²) in [4.78, 5) is 16.5. The molecule has 0 aliphatic rings. The van der Waals surface area contributed by atoms with Gasteiger partial charge in [0.25, 0.3) is 0 Å². The highest BCUT2D eigenvalue weighted by molar-refractivity contribution is 6.30. The van der Waals surface area contributed by atoms with Gasteiger partial charge < -0.3 is 0 Å². The topological polar surface area (TPSA) is 46.5 Å². The van der Waals surface area contributed by atoms with Crippen molar-refractivity contribution in [3.63, 3.8) is 0 Å². The minimum absolute atomic E-state index is 0.319. The zero-order valence-electron chi connectivity index (χ0n) is 9.42. The maximum atomic E-state index is 12.2. The summed E-state index contributed by atoms with van der Waals surface area (Å²) in [6.07, 6.45) is -1.02. The standard InChI is InChI=1S/C14H11ClO3/c15-12-8-6-10(7-9-12)13(16)14(18-17)11-4-2-1-3-5-11/h1-9,14,17H. The number of hydrogen-bond donors (Lipinski definition) is 1. The molecule has 0 amide bonds. The molecule has 1 N–H and O–H groups in total. The van der Waals surface area contributed by atoms with Gasteiger partial charge in [0.05, 0.1) is 0 Å². The van der Waals surface area contributed by atoms with Crippen molar-refractivity contribution in [2.24, 2.45) is 0 Å². The maximum Gasteiger partial charge on any atom is 0.199 e. The molecule has 0 aliphatic carbocycles. The third kappa shape index (κ3) is 2.76. The number of hydrogen-bond acceptors (Lipinski definition) is 3. The monoisotopic (exact) mass is 262 g/mol. The van der Waals surface area contributed by atoms with Crippen molar-refractivity contribution >= 4 is 17.4 Å². The van der Waals surface area contributed by atoms with Crippen molar-refractivity contribution in [3.8, 4) is 0 Å². The first-order valence-corrected chi connectivity index (χ1v) is 5.75. The number of Topliss-reactive ketones (excluding diaryl/α,β-unsaturated/α-hetero) is 1. The molecule has 0 bridgehead atoms. The molecule has 1 unspecified atom stereocenters. The molecule has 92 valence electrons. The fourth-order valence-corrected chi connectivity index (χ4v) is 1.78. The summed E-state index contributed by atoms with van der Waals surface area (Å²) in [5.41, 5.74) is 1.03. The first-order chi connectivity index (χ1) is 8.72. The summed E-state index contributed by atoms with van der Waals surface area (Å²) < 4.78 is 0. The summed E-state index contributed by atoms with van der Waals surface area (Å²) in [5.74, 6) is -0.319. The first kappa shape index (κ1) is 12.8. The van der Waals surface area contributed by atoms with Crippen LogP contribution in [0.1, 0.15) is 22.0 Å². The van der Waals surface area contributed by atoms with E-state index >= 15 is 0 Å². The fourth-order valence-electron chi connectivity index (χ4n) is 1.65. The van der Waals surface area contributed by atoms with Crippen molar-refractivity contribution in [3.05, 3.63) is 70.7 Å². The normalized spacial score (nSPS) is 12.1. The molecule has 2 rings (SSSR count). The zero-order chi connectivity index (χ0) is 13.0. The second-order valence-electron chi connectivity index (χ2n) is 3.77. The van der Waals surface area contributed by atoms with Gasteiger partial charge in [-0.15, -0.1) is 0 Å². The van der Waals surface area contributed by atoms with E-state index in [4.69, 9.17) is 16.9 Å². The zero-order valence-corrected chi connectivity index (χ0v) is 10.2. The van der Waals surface area contributed by atoms with Gasteiger partial charge in [-0.05, 0) is 29.8 Å². The van der Waals surface area contributed by atoms with Crippen LogP contribution in [-0.2, 0) is 4.89 Å². The van der Waals surface area contributed by atoms with Crippen LogP contribution in [0.5, 0.6) is 0 Å². The van der Waals surface area contributed by atoms with Crippen LogP contribution < -0.4 is 0 Å². The second kappa shape index (κ2) is 5.78. The van der Waals surface area contributed by atoms with Gasteiger partial charge in [0.15, 0.2) is 11.9 Å². The molecule has 4 heteroatoms. The van der Waals surface area contributed by atoms with E-state index < -0.39 is 6.10 Å². The van der Waals surface area contributed by atoms with E-state index in [0.29, 0.717) is 16.1 Å². The Bertz CT molecular complexity index is 522. The summed E-state index contributed by atoms with van der Waals surface area (Å²) in [7, 11) is 0. The van der Waals surface area contributed by atoms with Gasteiger partial charge in [-0.3, -0.25) is 10.1 Å². The largest absolute Gasteiger partial charge is 0.291 e. The lowest BCUT2D eigenvalue weighted by molar-refractivity contribution is -0.266. The fraction of sp³-hybridized carbons (Fsp3) is 0.0714. The van der Waals surface area contributed by atoms with Crippen LogP contribution >= 0.6 is 11.6 Å². The molecule has 0 heterocycles. The first-order valence-electron chi connectivity index (χ1n) is 5.37. The minimum atomic E-state index is -1.02. The molecule has 1 atom stereocenters. The molecule has 3 nitrogen and oxygen atoms in total. The molecule has 2 aromatic carbocycles. The van der Waals surface area contributed by atoms with Crippen LogP contribution in [-0.4, -0.2) is 11.0 Å². The van der Waals surface area contributed by atoms with Crippen molar-refractivity contribution in [1.82, 2.24) is 0 Å². The lowest BCUT2D eigenvalue weighted by Crippen LogP contribution is -2.15. The Morgan fingerprint density at radius 3 is 2.22 bits per heavy atom. The summed E-state index contributed by atoms with van der Waals surface area (Å²) in [6.45, 7) is 0. The Hall–Kier alpha value is -1.68. The Morgan fingerprint density at radius 1 is 1.06 bits per heavy atom. The summed E-state index contributed by atoms with van der Waals surface area (Å²) >= 11 is 5.75. The maximum absolute atomic E-state index is 12.2. The predicted octanol–water partition coefficient (Wildman–Crippen LogP) is 3.75. The van der Waals surface area contributed by atoms with Gasteiger partial charge in [0.1, 0.15) is 0 Å². The molecular formula is C14H11ClO3. The van der Waals surface area contributed by atoms with Crippen molar-refractivity contribution in [2.75, 3.05) is 0 Å². The molecule has 0 fully saturated rings. The van der Waals surface area contributed by atoms with Gasteiger partial charge in [-0.1, -0.05) is 41.9 Å². The van der Waals surface area contributed by atoms with Crippen LogP contribution in [0.3, 0.4) is 0 Å². The van der Waals surface area contributed by atoms with Crippen molar-refractivity contribution in [2.45, 2.75) is 6.10 Å². The summed E-state index contributed by atoms with van der Waals surface area (Å²) in [5, 5.41) is 9.47. The van der Waals surface area contributed by atoms with Gasteiger partial charge in [0, 0.05) is 10.6 Å². The van der Waals surface area contributed by atoms with E-state index in [9.17, 15) is 4.79 Å². The van der Waals surface area contributed by atoms with Crippen LogP contribution in [0.4, 0.5) is 0 Å². The second-order valence-corrected chi connectivity index (χ2v) is 4.20. The van der Waals surface area contributed by atoms with Crippen LogP contribution in [0, 0.1) is 0 Å². The third-order valence-electron chi connectivity index (χ3n) is 2.57. The molecule has 18 heavy (non-hydrogen) atoms. The Kier molecular flexibility index (Phi) is 4.10. The lowest BCUT2D eigenvalue weighted by atomic mass is 10.0. The Morgan fingerprint density at radius 2 is 1.67 bits per heavy atom. The predicted molar refractivity (Wildman–Crippen MR) is 68.7 cm³/mol. The SMILES string of the molecule is O=C(c1ccc(Cl)cc1)C(OO)c1ccccc1. The highest BCUT2D eigenvalue weighted by atomic mass is 35.5. The number of halogens is 1. The number of benzene rings is 2. The van der Waals surface area contributed by atoms with Gasteiger partial charge in [-0.25, -0.2) is 4.89 Å². The molecule has 0 saturated carbocycles. The highest BCUT2D eigenvalue weighted by Crippen LogP contribution is 2.22. The Balaban J connectivity index is 2.28. The van der Waals surface area contributed by atoms with Gasteiger partial charge >= 0.3 is 0 Å². The molecule has 0 aliphatic heterocycles. The van der Waals surface area contributed by atoms with E-state index in [1.807, 2.05) is 6.07 Å². The number of rotatable bonds is 4. The lowest BCUT2D eigenvalue weighted by Gasteiger charge is -2.12. The van der Waals surface area contributed by atoms with Crippen molar-refractivity contribution in [1.29, 1.82) is 0 Å². The van der Waals surface area contributed by atoms with E-state index in [1.54, 1.807) is 48.5 Å². The molecular weight excluding hydrogens is 252 g/mol.